The van der Waals surface area contributed by atoms with Crippen molar-refractivity contribution in [3.8, 4) is 0 Å². The van der Waals surface area contributed by atoms with Crippen molar-refractivity contribution in [1.29, 1.82) is 0 Å². The number of ether oxygens (including phenoxy) is 1. The molecule has 0 amide bonds. The largest absolute Gasteiger partial charge is 0.500 e. The van der Waals surface area contributed by atoms with E-state index < -0.39 is 0 Å². The minimum Gasteiger partial charge on any atom is -0.500 e. The average Bonchev–Trinajstić information content (AvgIpc) is 2.69. The Morgan fingerprint density at radius 2 is 2.27 bits per heavy atom. The molecule has 0 atom stereocenters. The Kier molecular flexibility index (Phi) is 2.64. The van der Waals surface area contributed by atoms with Gasteiger partial charge in [-0.15, -0.1) is 0 Å². The molecule has 0 aromatic heterocycles. The van der Waals surface area contributed by atoms with Crippen molar-refractivity contribution in [3.63, 3.8) is 0 Å². The summed E-state index contributed by atoms with van der Waals surface area (Å²) in [5.74, 6) is -0.0818. The molecule has 78 valence electrons. The van der Waals surface area contributed by atoms with Crippen molar-refractivity contribution < 1.29 is 9.53 Å². The van der Waals surface area contributed by atoms with E-state index in [1.807, 2.05) is 0 Å². The molecule has 1 aromatic rings. The zero-order valence-electron chi connectivity index (χ0n) is 8.00. The summed E-state index contributed by atoms with van der Waals surface area (Å²) in [6.07, 6.45) is 2.14. The van der Waals surface area contributed by atoms with Gasteiger partial charge in [-0.05, 0) is 18.2 Å². The number of nitrogen functional groups attached to an aromatic ring is 1. The molecular weight excluding hydrogens is 214 g/mol. The van der Waals surface area contributed by atoms with Crippen LogP contribution in [0.4, 0.5) is 5.69 Å². The molecule has 0 bridgehead atoms. The predicted molar refractivity (Wildman–Crippen MR) is 58.8 cm³/mol. The van der Waals surface area contributed by atoms with Crippen LogP contribution < -0.4 is 5.73 Å². The average molecular weight is 224 g/mol. The number of halogens is 1. The molecule has 0 radical (unpaired) electrons. The zero-order chi connectivity index (χ0) is 10.8. The summed E-state index contributed by atoms with van der Waals surface area (Å²) in [5.41, 5.74) is 7.26. The third kappa shape index (κ3) is 1.97. The molecule has 15 heavy (non-hydrogen) atoms. The lowest BCUT2D eigenvalue weighted by atomic mass is 10.0. The van der Waals surface area contributed by atoms with Gasteiger partial charge in [0, 0.05) is 28.3 Å². The fourth-order valence-electron chi connectivity index (χ4n) is 1.47. The van der Waals surface area contributed by atoms with Gasteiger partial charge in [-0.3, -0.25) is 4.79 Å². The minimum absolute atomic E-state index is 0.0818. The second-order valence-corrected chi connectivity index (χ2v) is 3.76. The molecule has 1 aliphatic heterocycles. The number of ketones is 1. The molecule has 2 rings (SSSR count). The lowest BCUT2D eigenvalue weighted by Gasteiger charge is -2.04. The molecule has 0 saturated heterocycles. The van der Waals surface area contributed by atoms with E-state index in [1.54, 1.807) is 18.2 Å². The molecule has 1 aromatic carbocycles. The highest BCUT2D eigenvalue weighted by Gasteiger charge is 2.18. The monoisotopic (exact) mass is 223 g/mol. The van der Waals surface area contributed by atoms with Gasteiger partial charge in [0.25, 0.3) is 0 Å². The maximum Gasteiger partial charge on any atom is 0.194 e. The minimum atomic E-state index is -0.0818. The lowest BCUT2D eigenvalue weighted by molar-refractivity contribution is 0.103. The molecule has 0 unspecified atom stereocenters. The molecule has 2 N–H and O–H groups in total. The topological polar surface area (TPSA) is 52.3 Å². The van der Waals surface area contributed by atoms with Gasteiger partial charge in [-0.25, -0.2) is 0 Å². The van der Waals surface area contributed by atoms with Crippen LogP contribution in [-0.4, -0.2) is 12.4 Å². The van der Waals surface area contributed by atoms with Gasteiger partial charge in [0.05, 0.1) is 12.9 Å². The Balaban J connectivity index is 2.33. The van der Waals surface area contributed by atoms with Gasteiger partial charge in [-0.1, -0.05) is 11.6 Å². The first-order chi connectivity index (χ1) is 7.18. The summed E-state index contributed by atoms with van der Waals surface area (Å²) < 4.78 is 5.01. The van der Waals surface area contributed by atoms with Gasteiger partial charge < -0.3 is 10.5 Å². The second kappa shape index (κ2) is 3.95. The molecule has 1 heterocycles. The molecule has 0 aliphatic carbocycles. The first-order valence-corrected chi connectivity index (χ1v) is 4.96. The summed E-state index contributed by atoms with van der Waals surface area (Å²) in [5, 5.41) is 0.528. The number of anilines is 1. The SMILES string of the molecule is Nc1cc(Cl)ccc1C(=O)C1=COCC1. The first-order valence-electron chi connectivity index (χ1n) is 4.59. The van der Waals surface area contributed by atoms with Gasteiger partial charge in [-0.2, -0.15) is 0 Å². The van der Waals surface area contributed by atoms with Crippen LogP contribution in [0, 0.1) is 0 Å². The van der Waals surface area contributed by atoms with Crippen molar-refractivity contribution in [1.82, 2.24) is 0 Å². The van der Waals surface area contributed by atoms with Crippen LogP contribution in [0.15, 0.2) is 30.0 Å². The maximum atomic E-state index is 11.9. The standard InChI is InChI=1S/C11H10ClNO2/c12-8-1-2-9(10(13)5-8)11(14)7-3-4-15-6-7/h1-2,5-6H,3-4,13H2. The summed E-state index contributed by atoms with van der Waals surface area (Å²) in [4.78, 5) is 11.9. The fraction of sp³-hybridized carbons (Fsp3) is 0.182. The van der Waals surface area contributed by atoms with E-state index in [1.165, 1.54) is 6.26 Å². The quantitative estimate of drug-likeness (QED) is 0.619. The molecule has 3 nitrogen and oxygen atoms in total. The summed E-state index contributed by atoms with van der Waals surface area (Å²) in [7, 11) is 0. The fourth-order valence-corrected chi connectivity index (χ4v) is 1.65. The summed E-state index contributed by atoms with van der Waals surface area (Å²) >= 11 is 5.75. The van der Waals surface area contributed by atoms with Crippen LogP contribution in [0.5, 0.6) is 0 Å². The van der Waals surface area contributed by atoms with Crippen LogP contribution in [0.2, 0.25) is 5.02 Å². The van der Waals surface area contributed by atoms with Crippen LogP contribution in [-0.2, 0) is 4.74 Å². The lowest BCUT2D eigenvalue weighted by Crippen LogP contribution is -2.05. The number of carbonyl (C=O) groups excluding carboxylic acids is 1. The van der Waals surface area contributed by atoms with Crippen LogP contribution in [0.3, 0.4) is 0 Å². The Hall–Kier alpha value is -1.48. The third-order valence-corrected chi connectivity index (χ3v) is 2.50. The number of benzene rings is 1. The number of carbonyl (C=O) groups is 1. The Morgan fingerprint density at radius 3 is 2.87 bits per heavy atom. The van der Waals surface area contributed by atoms with Crippen LogP contribution in [0.1, 0.15) is 16.8 Å². The summed E-state index contributed by atoms with van der Waals surface area (Å²) in [6.45, 7) is 0.564. The number of nitrogens with two attached hydrogens (primary N) is 1. The van der Waals surface area contributed by atoms with Crippen molar-refractivity contribution in [2.75, 3.05) is 12.3 Å². The highest BCUT2D eigenvalue weighted by molar-refractivity contribution is 6.31. The molecular formula is C11H10ClNO2. The van der Waals surface area contributed by atoms with E-state index in [0.717, 1.165) is 0 Å². The molecule has 4 heteroatoms. The van der Waals surface area contributed by atoms with Crippen LogP contribution >= 0.6 is 11.6 Å². The number of hydrogen-bond acceptors (Lipinski definition) is 3. The molecule has 0 saturated carbocycles. The second-order valence-electron chi connectivity index (χ2n) is 3.32. The Morgan fingerprint density at radius 1 is 1.47 bits per heavy atom. The van der Waals surface area contributed by atoms with Gasteiger partial charge >= 0.3 is 0 Å². The van der Waals surface area contributed by atoms with Gasteiger partial charge in [0.15, 0.2) is 5.78 Å². The number of Topliss-reactive ketones (excluding diaryl/α,β-unsaturated/α-hetero) is 1. The van der Waals surface area contributed by atoms with Crippen LogP contribution in [0.25, 0.3) is 0 Å². The van der Waals surface area contributed by atoms with E-state index in [-0.39, 0.29) is 5.78 Å². The van der Waals surface area contributed by atoms with Crippen molar-refractivity contribution in [2.24, 2.45) is 0 Å². The Labute approximate surface area is 92.5 Å². The highest BCUT2D eigenvalue weighted by atomic mass is 35.5. The predicted octanol–water partition coefficient (Wildman–Crippen LogP) is 2.41. The molecule has 0 fully saturated rings. The third-order valence-electron chi connectivity index (χ3n) is 2.26. The Bertz CT molecular complexity index is 440. The van der Waals surface area contributed by atoms with Gasteiger partial charge in [0.1, 0.15) is 0 Å². The van der Waals surface area contributed by atoms with Crippen molar-refractivity contribution in [2.45, 2.75) is 6.42 Å². The molecule has 0 spiro atoms. The highest BCUT2D eigenvalue weighted by Crippen LogP contribution is 2.23. The van der Waals surface area contributed by atoms with E-state index in [0.29, 0.717) is 34.9 Å². The van der Waals surface area contributed by atoms with Crippen molar-refractivity contribution in [3.05, 3.63) is 40.6 Å². The molecule has 1 aliphatic rings. The van der Waals surface area contributed by atoms with E-state index in [4.69, 9.17) is 22.1 Å². The maximum absolute atomic E-state index is 11.9. The normalized spacial score (nSPS) is 14.6. The zero-order valence-corrected chi connectivity index (χ0v) is 8.75. The number of hydrogen-bond donors (Lipinski definition) is 1. The van der Waals surface area contributed by atoms with E-state index in [2.05, 4.69) is 0 Å². The van der Waals surface area contributed by atoms with E-state index >= 15 is 0 Å². The summed E-state index contributed by atoms with van der Waals surface area (Å²) in [6, 6.07) is 4.87. The number of rotatable bonds is 2. The smallest absolute Gasteiger partial charge is 0.194 e. The first kappa shape index (κ1) is 10.1. The van der Waals surface area contributed by atoms with Gasteiger partial charge in [0.2, 0.25) is 0 Å². The van der Waals surface area contributed by atoms with Crippen molar-refractivity contribution >= 4 is 23.1 Å². The van der Waals surface area contributed by atoms with E-state index in [9.17, 15) is 4.79 Å².